The van der Waals surface area contributed by atoms with Crippen LogP contribution in [-0.2, 0) is 9.53 Å². The molecule has 0 unspecified atom stereocenters. The number of nitrogens with zero attached hydrogens (tertiary/aromatic N) is 3. The number of esters is 1. The van der Waals surface area contributed by atoms with Crippen LogP contribution in [0.1, 0.15) is 22.5 Å². The van der Waals surface area contributed by atoms with Crippen molar-refractivity contribution in [2.75, 3.05) is 26.2 Å². The van der Waals surface area contributed by atoms with E-state index in [2.05, 4.69) is 4.99 Å². The summed E-state index contributed by atoms with van der Waals surface area (Å²) in [6.07, 6.45) is 4.01. The summed E-state index contributed by atoms with van der Waals surface area (Å²) >= 11 is 0. The molecule has 2 aromatic carbocycles. The van der Waals surface area contributed by atoms with Crippen molar-refractivity contribution in [1.82, 2.24) is 9.80 Å². The van der Waals surface area contributed by atoms with Gasteiger partial charge < -0.3 is 19.0 Å². The lowest BCUT2D eigenvalue weighted by Crippen LogP contribution is -2.34. The van der Waals surface area contributed by atoms with Gasteiger partial charge in [-0.05, 0) is 41.8 Å². The Hall–Kier alpha value is -4.13. The van der Waals surface area contributed by atoms with Gasteiger partial charge in [0.2, 0.25) is 5.90 Å². The van der Waals surface area contributed by atoms with Crippen molar-refractivity contribution in [2.45, 2.75) is 6.42 Å². The summed E-state index contributed by atoms with van der Waals surface area (Å²) in [5.41, 5.74) is 3.22. The number of furan rings is 1. The monoisotopic (exact) mass is 441 g/mol. The Balaban J connectivity index is 1.27. The highest BCUT2D eigenvalue weighted by Crippen LogP contribution is 2.22. The Labute approximate surface area is 191 Å². The number of hydrogen-bond donors (Lipinski definition) is 0. The second-order valence-electron chi connectivity index (χ2n) is 7.92. The highest BCUT2D eigenvalue weighted by atomic mass is 16.6. The quantitative estimate of drug-likeness (QED) is 0.453. The van der Waals surface area contributed by atoms with Gasteiger partial charge in [0.05, 0.1) is 6.26 Å². The smallest absolute Gasteiger partial charge is 0.365 e. The number of amides is 1. The molecule has 0 saturated carbocycles. The number of carbonyl (C=O) groups excluding carboxylic acids is 2. The van der Waals surface area contributed by atoms with E-state index in [1.807, 2.05) is 59.5 Å². The van der Waals surface area contributed by atoms with Crippen LogP contribution in [0.3, 0.4) is 0 Å². The van der Waals surface area contributed by atoms with Crippen LogP contribution in [0.4, 0.5) is 0 Å². The van der Waals surface area contributed by atoms with E-state index in [1.54, 1.807) is 23.2 Å². The maximum atomic E-state index is 12.5. The van der Waals surface area contributed by atoms with Gasteiger partial charge in [-0.15, -0.1) is 0 Å². The molecule has 2 aliphatic rings. The maximum absolute atomic E-state index is 12.5. The Morgan fingerprint density at radius 3 is 2.36 bits per heavy atom. The second kappa shape index (κ2) is 9.16. The Morgan fingerprint density at radius 1 is 0.848 bits per heavy atom. The van der Waals surface area contributed by atoms with Crippen molar-refractivity contribution >= 4 is 17.8 Å². The van der Waals surface area contributed by atoms with E-state index in [0.717, 1.165) is 29.7 Å². The van der Waals surface area contributed by atoms with Crippen LogP contribution >= 0.6 is 0 Å². The molecule has 1 saturated heterocycles. The molecule has 3 heterocycles. The Morgan fingerprint density at radius 2 is 1.61 bits per heavy atom. The highest BCUT2D eigenvalue weighted by molar-refractivity contribution is 6.11. The molecule has 33 heavy (non-hydrogen) atoms. The van der Waals surface area contributed by atoms with Gasteiger partial charge in [-0.3, -0.25) is 4.79 Å². The van der Waals surface area contributed by atoms with Crippen LogP contribution in [-0.4, -0.2) is 53.8 Å². The summed E-state index contributed by atoms with van der Waals surface area (Å²) in [6.45, 7) is 2.48. The molecule has 166 valence electrons. The van der Waals surface area contributed by atoms with Gasteiger partial charge in [0.15, 0.2) is 11.5 Å². The predicted molar refractivity (Wildman–Crippen MR) is 123 cm³/mol. The zero-order valence-corrected chi connectivity index (χ0v) is 18.0. The van der Waals surface area contributed by atoms with Crippen molar-refractivity contribution in [3.63, 3.8) is 0 Å². The molecule has 0 spiro atoms. The normalized spacial score (nSPS) is 17.6. The van der Waals surface area contributed by atoms with E-state index in [1.165, 1.54) is 6.26 Å². The standard InChI is InChI=1S/C26H23N3O4/c30-25(23-8-4-17-32-23)29-14-5-13-28(15-16-29)18-22-26(31)33-24(27-22)21-11-9-20(10-12-21)19-6-2-1-3-7-19/h1-4,6-12,17-18H,5,13-16H2/b22-18-. The van der Waals surface area contributed by atoms with Crippen LogP contribution < -0.4 is 0 Å². The number of ether oxygens (including phenoxy) is 1. The number of aliphatic imine (C=N–C) groups is 1. The van der Waals surface area contributed by atoms with Crippen molar-refractivity contribution in [3.05, 3.63) is 96.2 Å². The average molecular weight is 441 g/mol. The first-order valence-corrected chi connectivity index (χ1v) is 10.9. The first-order chi connectivity index (χ1) is 16.2. The van der Waals surface area contributed by atoms with Gasteiger partial charge in [0.25, 0.3) is 5.91 Å². The van der Waals surface area contributed by atoms with Gasteiger partial charge in [0, 0.05) is 37.9 Å². The molecule has 0 bridgehead atoms. The molecule has 1 amide bonds. The molecule has 0 aliphatic carbocycles. The lowest BCUT2D eigenvalue weighted by molar-refractivity contribution is -0.130. The first kappa shape index (κ1) is 20.8. The van der Waals surface area contributed by atoms with E-state index in [4.69, 9.17) is 9.15 Å². The summed E-state index contributed by atoms with van der Waals surface area (Å²) in [5, 5.41) is 0. The second-order valence-corrected chi connectivity index (χ2v) is 7.92. The molecule has 1 aromatic heterocycles. The highest BCUT2D eigenvalue weighted by Gasteiger charge is 2.26. The third-order valence-electron chi connectivity index (χ3n) is 5.71. The average Bonchev–Trinajstić information content (AvgIpc) is 3.45. The van der Waals surface area contributed by atoms with Gasteiger partial charge in [-0.2, -0.15) is 0 Å². The van der Waals surface area contributed by atoms with Crippen molar-refractivity contribution in [3.8, 4) is 11.1 Å². The minimum Gasteiger partial charge on any atom is -0.459 e. The zero-order chi connectivity index (χ0) is 22.6. The number of benzene rings is 2. The Kier molecular flexibility index (Phi) is 5.76. The molecular formula is C26H23N3O4. The summed E-state index contributed by atoms with van der Waals surface area (Å²) in [6, 6.07) is 21.2. The SMILES string of the molecule is O=C1OC(c2ccc(-c3ccccc3)cc2)=N/C1=C\N1CCCN(C(=O)c2ccco2)CC1. The molecule has 3 aromatic rings. The van der Waals surface area contributed by atoms with Crippen LogP contribution in [0.25, 0.3) is 11.1 Å². The fourth-order valence-electron chi connectivity index (χ4n) is 3.96. The zero-order valence-electron chi connectivity index (χ0n) is 18.0. The topological polar surface area (TPSA) is 75.3 Å². The number of hydrogen-bond acceptors (Lipinski definition) is 6. The van der Waals surface area contributed by atoms with Crippen LogP contribution in [0.2, 0.25) is 0 Å². The predicted octanol–water partition coefficient (Wildman–Crippen LogP) is 3.94. The summed E-state index contributed by atoms with van der Waals surface area (Å²) < 4.78 is 10.7. The fraction of sp³-hybridized carbons (Fsp3) is 0.192. The van der Waals surface area contributed by atoms with E-state index in [9.17, 15) is 9.59 Å². The minimum atomic E-state index is -0.468. The third-order valence-corrected chi connectivity index (χ3v) is 5.71. The number of cyclic esters (lactones) is 1. The van der Waals surface area contributed by atoms with Gasteiger partial charge >= 0.3 is 5.97 Å². The summed E-state index contributed by atoms with van der Waals surface area (Å²) in [4.78, 5) is 33.2. The van der Waals surface area contributed by atoms with Crippen LogP contribution in [0.15, 0.2) is 94.3 Å². The summed E-state index contributed by atoms with van der Waals surface area (Å²) in [7, 11) is 0. The van der Waals surface area contributed by atoms with Gasteiger partial charge in [-0.1, -0.05) is 42.5 Å². The van der Waals surface area contributed by atoms with Gasteiger partial charge in [-0.25, -0.2) is 9.79 Å². The number of carbonyl (C=O) groups is 2. The largest absolute Gasteiger partial charge is 0.459 e. The molecule has 2 aliphatic heterocycles. The molecule has 5 rings (SSSR count). The minimum absolute atomic E-state index is 0.117. The maximum Gasteiger partial charge on any atom is 0.365 e. The van der Waals surface area contributed by atoms with Crippen LogP contribution in [0.5, 0.6) is 0 Å². The van der Waals surface area contributed by atoms with Gasteiger partial charge in [0.1, 0.15) is 0 Å². The first-order valence-electron chi connectivity index (χ1n) is 10.9. The summed E-state index contributed by atoms with van der Waals surface area (Å²) in [5.74, 6) is 0.0583. The lowest BCUT2D eigenvalue weighted by atomic mass is 10.0. The molecule has 1 fully saturated rings. The van der Waals surface area contributed by atoms with E-state index < -0.39 is 5.97 Å². The number of rotatable bonds is 4. The van der Waals surface area contributed by atoms with Crippen molar-refractivity contribution < 1.29 is 18.7 Å². The van der Waals surface area contributed by atoms with E-state index in [0.29, 0.717) is 31.3 Å². The van der Waals surface area contributed by atoms with E-state index >= 15 is 0 Å². The van der Waals surface area contributed by atoms with Crippen LogP contribution in [0, 0.1) is 0 Å². The van der Waals surface area contributed by atoms with Crippen molar-refractivity contribution in [1.29, 1.82) is 0 Å². The third kappa shape index (κ3) is 4.57. The fourth-order valence-corrected chi connectivity index (χ4v) is 3.96. The molecule has 0 N–H and O–H groups in total. The molecular weight excluding hydrogens is 418 g/mol. The van der Waals surface area contributed by atoms with E-state index in [-0.39, 0.29) is 11.6 Å². The molecule has 7 heteroatoms. The molecule has 0 atom stereocenters. The van der Waals surface area contributed by atoms with Crippen molar-refractivity contribution in [2.24, 2.45) is 4.99 Å². The molecule has 0 radical (unpaired) electrons. The molecule has 7 nitrogen and oxygen atoms in total. The Bertz CT molecular complexity index is 1200. The lowest BCUT2D eigenvalue weighted by Gasteiger charge is -2.20.